The van der Waals surface area contributed by atoms with Crippen molar-refractivity contribution in [2.45, 2.75) is 33.5 Å². The lowest BCUT2D eigenvalue weighted by atomic mass is 10.2. The Kier molecular flexibility index (Phi) is 5.08. The van der Waals surface area contributed by atoms with Gasteiger partial charge in [-0.25, -0.2) is 18.4 Å². The van der Waals surface area contributed by atoms with Crippen LogP contribution in [-0.2, 0) is 13.1 Å². The largest absolute Gasteiger partial charge is 0.319 e. The summed E-state index contributed by atoms with van der Waals surface area (Å²) in [6, 6.07) is 3.28. The van der Waals surface area contributed by atoms with Gasteiger partial charge in [0.25, 0.3) is 0 Å². The van der Waals surface area contributed by atoms with E-state index in [1.807, 2.05) is 0 Å². The van der Waals surface area contributed by atoms with Crippen molar-refractivity contribution in [1.29, 1.82) is 0 Å². The Balaban J connectivity index is 1.77. The lowest BCUT2D eigenvalue weighted by molar-refractivity contribution is 0.0666. The van der Waals surface area contributed by atoms with E-state index in [-0.39, 0.29) is 18.1 Å². The molecule has 0 radical (unpaired) electrons. The molecular formula is C17H17F4N5. The fourth-order valence-corrected chi connectivity index (χ4v) is 2.78. The first-order valence-corrected chi connectivity index (χ1v) is 7.89. The molecule has 0 fully saturated rings. The Morgan fingerprint density at radius 2 is 1.92 bits per heavy atom. The van der Waals surface area contributed by atoms with Crippen LogP contribution in [0.15, 0.2) is 30.6 Å². The third-order valence-corrected chi connectivity index (χ3v) is 4.12. The minimum absolute atomic E-state index is 0.145. The van der Waals surface area contributed by atoms with E-state index in [0.717, 1.165) is 22.3 Å². The normalized spacial score (nSPS) is 11.5. The number of aromatic nitrogens is 4. The van der Waals surface area contributed by atoms with E-state index in [0.29, 0.717) is 17.9 Å². The summed E-state index contributed by atoms with van der Waals surface area (Å²) in [7, 11) is 0. The van der Waals surface area contributed by atoms with Crippen molar-refractivity contribution in [3.63, 3.8) is 0 Å². The van der Waals surface area contributed by atoms with E-state index < -0.39 is 18.2 Å². The van der Waals surface area contributed by atoms with E-state index in [2.05, 4.69) is 15.4 Å². The molecule has 1 aromatic carbocycles. The molecule has 138 valence electrons. The smallest absolute Gasteiger partial charge is 0.306 e. The van der Waals surface area contributed by atoms with Gasteiger partial charge in [-0.05, 0) is 26.0 Å². The highest BCUT2D eigenvalue weighted by Crippen LogP contribution is 2.21. The summed E-state index contributed by atoms with van der Waals surface area (Å²) in [6.07, 6.45) is 2.53. The third-order valence-electron chi connectivity index (χ3n) is 4.12. The first-order valence-electron chi connectivity index (χ1n) is 7.89. The number of aryl methyl sites for hydroxylation is 1. The van der Waals surface area contributed by atoms with E-state index in [4.69, 9.17) is 0 Å². The van der Waals surface area contributed by atoms with Crippen LogP contribution < -0.4 is 5.32 Å². The lowest BCUT2D eigenvalue weighted by Gasteiger charge is -2.09. The molecule has 0 aliphatic rings. The highest BCUT2D eigenvalue weighted by atomic mass is 19.3. The molecule has 26 heavy (non-hydrogen) atoms. The SMILES string of the molecule is Cc1nn(-c2ccc(F)cc2F)c(C)c1CNCc1nccn1C(F)F. The van der Waals surface area contributed by atoms with Crippen LogP contribution in [0.4, 0.5) is 17.6 Å². The fraction of sp³-hybridized carbons (Fsp3) is 0.294. The number of rotatable bonds is 6. The Labute approximate surface area is 147 Å². The van der Waals surface area contributed by atoms with Gasteiger partial charge >= 0.3 is 6.55 Å². The van der Waals surface area contributed by atoms with Crippen molar-refractivity contribution in [3.8, 4) is 5.69 Å². The Hall–Kier alpha value is -2.68. The summed E-state index contributed by atoms with van der Waals surface area (Å²) in [5, 5.41) is 7.35. The molecule has 0 amide bonds. The molecule has 0 spiro atoms. The maximum Gasteiger partial charge on any atom is 0.319 e. The molecule has 3 aromatic rings. The average Bonchev–Trinajstić information content (AvgIpc) is 3.15. The molecule has 0 bridgehead atoms. The van der Waals surface area contributed by atoms with Gasteiger partial charge in [-0.3, -0.25) is 4.57 Å². The molecule has 0 atom stereocenters. The van der Waals surface area contributed by atoms with Crippen LogP contribution in [0.1, 0.15) is 29.3 Å². The van der Waals surface area contributed by atoms with Crippen molar-refractivity contribution in [2.75, 3.05) is 0 Å². The molecule has 5 nitrogen and oxygen atoms in total. The van der Waals surface area contributed by atoms with Crippen LogP contribution >= 0.6 is 0 Å². The number of nitrogens with one attached hydrogen (secondary N) is 1. The van der Waals surface area contributed by atoms with Gasteiger partial charge in [0.2, 0.25) is 0 Å². The zero-order valence-electron chi connectivity index (χ0n) is 14.2. The fourth-order valence-electron chi connectivity index (χ4n) is 2.78. The number of nitrogens with zero attached hydrogens (tertiary/aromatic N) is 4. The topological polar surface area (TPSA) is 47.7 Å². The Morgan fingerprint density at radius 1 is 1.15 bits per heavy atom. The summed E-state index contributed by atoms with van der Waals surface area (Å²) >= 11 is 0. The van der Waals surface area contributed by atoms with Gasteiger partial charge in [0.15, 0.2) is 5.82 Å². The Morgan fingerprint density at radius 3 is 2.62 bits per heavy atom. The molecule has 0 aliphatic carbocycles. The molecule has 3 rings (SSSR count). The second-order valence-electron chi connectivity index (χ2n) is 5.79. The summed E-state index contributed by atoms with van der Waals surface area (Å²) in [4.78, 5) is 3.90. The highest BCUT2D eigenvalue weighted by Gasteiger charge is 2.16. The van der Waals surface area contributed by atoms with Gasteiger partial charge in [-0.15, -0.1) is 0 Å². The predicted molar refractivity (Wildman–Crippen MR) is 87.0 cm³/mol. The highest BCUT2D eigenvalue weighted by molar-refractivity contribution is 5.38. The van der Waals surface area contributed by atoms with E-state index >= 15 is 0 Å². The van der Waals surface area contributed by atoms with Crippen LogP contribution in [0.5, 0.6) is 0 Å². The minimum atomic E-state index is -2.65. The predicted octanol–water partition coefficient (Wildman–Crippen LogP) is 3.65. The summed E-state index contributed by atoms with van der Waals surface area (Å²) < 4.78 is 54.9. The maximum atomic E-state index is 14.0. The van der Waals surface area contributed by atoms with Crippen molar-refractivity contribution in [3.05, 3.63) is 65.0 Å². The summed E-state index contributed by atoms with van der Waals surface area (Å²) in [5.41, 5.74) is 2.30. The first kappa shape index (κ1) is 18.1. The standard InChI is InChI=1S/C17H17F4N5/c1-10-13(8-22-9-16-23-5-6-25(16)17(20)21)11(2)26(24-10)15-4-3-12(18)7-14(15)19/h3-7,17,22H,8-9H2,1-2H3. The Bertz CT molecular complexity index is 916. The zero-order valence-corrected chi connectivity index (χ0v) is 14.2. The van der Waals surface area contributed by atoms with Crippen molar-refractivity contribution in [2.24, 2.45) is 0 Å². The van der Waals surface area contributed by atoms with Crippen LogP contribution in [0.25, 0.3) is 5.69 Å². The van der Waals surface area contributed by atoms with E-state index in [9.17, 15) is 17.6 Å². The zero-order chi connectivity index (χ0) is 18.8. The van der Waals surface area contributed by atoms with E-state index in [1.54, 1.807) is 13.8 Å². The third kappa shape index (κ3) is 3.48. The van der Waals surface area contributed by atoms with Gasteiger partial charge in [0, 0.05) is 36.3 Å². The van der Waals surface area contributed by atoms with Crippen LogP contribution in [0.2, 0.25) is 0 Å². The second-order valence-corrected chi connectivity index (χ2v) is 5.79. The molecule has 0 unspecified atom stereocenters. The molecule has 0 saturated heterocycles. The summed E-state index contributed by atoms with van der Waals surface area (Å²) in [5.74, 6) is -1.16. The van der Waals surface area contributed by atoms with Gasteiger partial charge in [0.1, 0.15) is 17.3 Å². The molecule has 0 aliphatic heterocycles. The van der Waals surface area contributed by atoms with Crippen LogP contribution in [0.3, 0.4) is 0 Å². The molecule has 0 saturated carbocycles. The van der Waals surface area contributed by atoms with Gasteiger partial charge < -0.3 is 5.32 Å². The van der Waals surface area contributed by atoms with Gasteiger partial charge in [0.05, 0.1) is 12.2 Å². The number of halogens is 4. The molecule has 2 aromatic heterocycles. The second kappa shape index (κ2) is 7.28. The van der Waals surface area contributed by atoms with Crippen molar-refractivity contribution >= 4 is 0 Å². The average molecular weight is 367 g/mol. The summed E-state index contributed by atoms with van der Waals surface area (Å²) in [6.45, 7) is 1.37. The molecule has 9 heteroatoms. The number of benzene rings is 1. The van der Waals surface area contributed by atoms with Crippen LogP contribution in [0, 0.1) is 25.5 Å². The van der Waals surface area contributed by atoms with Gasteiger partial charge in [-0.1, -0.05) is 0 Å². The number of hydrogen-bond acceptors (Lipinski definition) is 3. The minimum Gasteiger partial charge on any atom is -0.306 e. The van der Waals surface area contributed by atoms with Crippen LogP contribution in [-0.4, -0.2) is 19.3 Å². The quantitative estimate of drug-likeness (QED) is 0.677. The number of imidazole rings is 1. The number of alkyl halides is 2. The lowest BCUT2D eigenvalue weighted by Crippen LogP contribution is -2.17. The maximum absolute atomic E-state index is 14.0. The molecule has 2 heterocycles. The van der Waals surface area contributed by atoms with Crippen molar-refractivity contribution < 1.29 is 17.6 Å². The van der Waals surface area contributed by atoms with Crippen molar-refractivity contribution in [1.82, 2.24) is 24.6 Å². The first-order chi connectivity index (χ1) is 12.4. The molecular weight excluding hydrogens is 350 g/mol. The van der Waals surface area contributed by atoms with Gasteiger partial charge in [-0.2, -0.15) is 13.9 Å². The van der Waals surface area contributed by atoms with E-state index in [1.165, 1.54) is 23.1 Å². The number of hydrogen-bond donors (Lipinski definition) is 1. The molecule has 1 N–H and O–H groups in total. The monoisotopic (exact) mass is 367 g/mol.